The number of hydrogen-bond donors (Lipinski definition) is 3. The number of anilines is 2. The Morgan fingerprint density at radius 2 is 1.92 bits per heavy atom. The Kier molecular flexibility index (Phi) is 4.45. The number of para-hydroxylation sites is 1. The number of amides is 1. The van der Waals surface area contributed by atoms with E-state index in [0.29, 0.717) is 23.3 Å². The van der Waals surface area contributed by atoms with E-state index < -0.39 is 23.0 Å². The van der Waals surface area contributed by atoms with E-state index in [4.69, 9.17) is 5.73 Å². The van der Waals surface area contributed by atoms with Crippen LogP contribution in [0.15, 0.2) is 53.5 Å². The zero-order valence-electron chi connectivity index (χ0n) is 14.0. The Hall–Kier alpha value is -3.61. The summed E-state index contributed by atoms with van der Waals surface area (Å²) in [4.78, 5) is 36.5. The summed E-state index contributed by atoms with van der Waals surface area (Å²) < 4.78 is 1.13. The van der Waals surface area contributed by atoms with Gasteiger partial charge < -0.3 is 16.2 Å². The van der Waals surface area contributed by atoms with E-state index in [9.17, 15) is 19.5 Å². The summed E-state index contributed by atoms with van der Waals surface area (Å²) in [6, 6.07) is 11.0. The van der Waals surface area contributed by atoms with Crippen LogP contribution in [0.3, 0.4) is 0 Å². The fourth-order valence-corrected chi connectivity index (χ4v) is 2.79. The topological polar surface area (TPSA) is 114 Å². The van der Waals surface area contributed by atoms with Crippen LogP contribution in [-0.2, 0) is 6.42 Å². The molecule has 0 fully saturated rings. The number of aromatic nitrogens is 1. The van der Waals surface area contributed by atoms with Gasteiger partial charge in [-0.15, -0.1) is 0 Å². The lowest BCUT2D eigenvalue weighted by atomic mass is 10.1. The first-order valence-corrected chi connectivity index (χ1v) is 7.99. The van der Waals surface area contributed by atoms with Crippen LogP contribution in [-0.4, -0.2) is 21.7 Å². The molecule has 0 saturated carbocycles. The second kappa shape index (κ2) is 6.72. The number of fused-ring (bicyclic) bond motifs is 1. The van der Waals surface area contributed by atoms with Gasteiger partial charge in [0.2, 0.25) is 5.43 Å². The molecule has 0 aliphatic heterocycles. The van der Waals surface area contributed by atoms with Crippen LogP contribution in [0.2, 0.25) is 0 Å². The summed E-state index contributed by atoms with van der Waals surface area (Å²) >= 11 is 0. The van der Waals surface area contributed by atoms with Gasteiger partial charge in [0.1, 0.15) is 5.56 Å². The summed E-state index contributed by atoms with van der Waals surface area (Å²) in [5.74, 6) is -1.39. The summed E-state index contributed by atoms with van der Waals surface area (Å²) in [6.45, 7) is 1.94. The first-order chi connectivity index (χ1) is 12.4. The number of pyridine rings is 1. The molecule has 3 aromatic rings. The molecule has 1 amide bonds. The SMILES string of the molecule is CCc1ccc(N)cc1NC(=O)n1cc(C(=O)O)c(=O)c2ccccc21. The maximum absolute atomic E-state index is 12.8. The molecular formula is C19H17N3O4. The number of aromatic carboxylic acids is 1. The molecule has 0 radical (unpaired) electrons. The third kappa shape index (κ3) is 3.02. The maximum Gasteiger partial charge on any atom is 0.341 e. The molecule has 0 spiro atoms. The van der Waals surface area contributed by atoms with Gasteiger partial charge in [-0.05, 0) is 36.2 Å². The Balaban J connectivity index is 2.15. The van der Waals surface area contributed by atoms with Crippen molar-refractivity contribution in [3.8, 4) is 0 Å². The normalized spacial score (nSPS) is 10.7. The molecule has 0 bridgehead atoms. The van der Waals surface area contributed by atoms with Gasteiger partial charge in [-0.25, -0.2) is 9.59 Å². The zero-order valence-corrected chi connectivity index (χ0v) is 14.0. The Bertz CT molecular complexity index is 1090. The number of nitrogen functional groups attached to an aromatic ring is 1. The molecule has 3 rings (SSSR count). The van der Waals surface area contributed by atoms with Crippen molar-refractivity contribution in [3.05, 3.63) is 70.0 Å². The van der Waals surface area contributed by atoms with Crippen LogP contribution in [0.25, 0.3) is 10.9 Å². The van der Waals surface area contributed by atoms with Gasteiger partial charge in [-0.3, -0.25) is 9.36 Å². The number of nitrogens with zero attached hydrogens (tertiary/aromatic N) is 1. The van der Waals surface area contributed by atoms with E-state index >= 15 is 0 Å². The van der Waals surface area contributed by atoms with Crippen LogP contribution < -0.4 is 16.5 Å². The van der Waals surface area contributed by atoms with Crippen molar-refractivity contribution in [2.75, 3.05) is 11.1 Å². The molecule has 4 N–H and O–H groups in total. The fourth-order valence-electron chi connectivity index (χ4n) is 2.79. The van der Waals surface area contributed by atoms with Gasteiger partial charge in [0, 0.05) is 23.0 Å². The van der Waals surface area contributed by atoms with Gasteiger partial charge in [0.05, 0.1) is 5.52 Å². The Morgan fingerprint density at radius 1 is 1.19 bits per heavy atom. The average molecular weight is 351 g/mol. The number of rotatable bonds is 3. The van der Waals surface area contributed by atoms with Gasteiger partial charge in [0.25, 0.3) is 0 Å². The van der Waals surface area contributed by atoms with E-state index in [2.05, 4.69) is 5.32 Å². The predicted octanol–water partition coefficient (Wildman–Crippen LogP) is 2.92. The van der Waals surface area contributed by atoms with Crippen molar-refractivity contribution >= 4 is 34.3 Å². The molecule has 1 heterocycles. The van der Waals surface area contributed by atoms with Crippen molar-refractivity contribution in [2.24, 2.45) is 0 Å². The van der Waals surface area contributed by atoms with E-state index in [0.717, 1.165) is 16.3 Å². The monoisotopic (exact) mass is 351 g/mol. The summed E-state index contributed by atoms with van der Waals surface area (Å²) in [5.41, 5.74) is 6.93. The molecule has 2 aromatic carbocycles. The van der Waals surface area contributed by atoms with Gasteiger partial charge in [0.15, 0.2) is 0 Å². The molecule has 7 nitrogen and oxygen atoms in total. The smallest absolute Gasteiger partial charge is 0.341 e. The molecular weight excluding hydrogens is 334 g/mol. The molecule has 1 aromatic heterocycles. The van der Waals surface area contributed by atoms with Crippen LogP contribution in [0.5, 0.6) is 0 Å². The van der Waals surface area contributed by atoms with Crippen LogP contribution >= 0.6 is 0 Å². The minimum absolute atomic E-state index is 0.158. The molecule has 0 atom stereocenters. The standard InChI is InChI=1S/C19H17N3O4/c1-2-11-7-8-12(20)9-15(11)21-19(26)22-10-14(18(24)25)17(23)13-5-3-4-6-16(13)22/h3-10H,2,20H2,1H3,(H,21,26)(H,24,25). The number of carboxylic acids is 1. The number of carbonyl (C=O) groups is 2. The number of nitrogens with two attached hydrogens (primary N) is 1. The Morgan fingerprint density at radius 3 is 2.62 bits per heavy atom. The molecule has 132 valence electrons. The first kappa shape index (κ1) is 17.2. The third-order valence-electron chi connectivity index (χ3n) is 4.12. The quantitative estimate of drug-likeness (QED) is 0.628. The van der Waals surface area contributed by atoms with Crippen molar-refractivity contribution < 1.29 is 14.7 Å². The lowest BCUT2D eigenvalue weighted by Crippen LogP contribution is -2.26. The van der Waals surface area contributed by atoms with E-state index in [1.54, 1.807) is 30.3 Å². The molecule has 26 heavy (non-hydrogen) atoms. The first-order valence-electron chi connectivity index (χ1n) is 7.99. The molecule has 7 heteroatoms. The van der Waals surface area contributed by atoms with Gasteiger partial charge in [-0.2, -0.15) is 0 Å². The third-order valence-corrected chi connectivity index (χ3v) is 4.12. The lowest BCUT2D eigenvalue weighted by molar-refractivity contribution is 0.0695. The van der Waals surface area contributed by atoms with Gasteiger partial charge in [-0.1, -0.05) is 25.1 Å². The van der Waals surface area contributed by atoms with Crippen molar-refractivity contribution in [2.45, 2.75) is 13.3 Å². The fraction of sp³-hybridized carbons (Fsp3) is 0.105. The van der Waals surface area contributed by atoms with Crippen LogP contribution in [0.1, 0.15) is 22.8 Å². The minimum Gasteiger partial charge on any atom is -0.477 e. The van der Waals surface area contributed by atoms with Crippen molar-refractivity contribution in [1.29, 1.82) is 0 Å². The van der Waals surface area contributed by atoms with Crippen LogP contribution in [0.4, 0.5) is 16.2 Å². The highest BCUT2D eigenvalue weighted by Gasteiger charge is 2.18. The minimum atomic E-state index is -1.39. The van der Waals surface area contributed by atoms with Crippen molar-refractivity contribution in [3.63, 3.8) is 0 Å². The number of benzene rings is 2. The summed E-state index contributed by atoms with van der Waals surface area (Å²) in [5, 5.41) is 12.2. The number of nitrogens with one attached hydrogen (secondary N) is 1. The number of carboxylic acid groups (broad SMARTS) is 1. The molecule has 0 unspecified atom stereocenters. The largest absolute Gasteiger partial charge is 0.477 e. The predicted molar refractivity (Wildman–Crippen MR) is 99.8 cm³/mol. The zero-order chi connectivity index (χ0) is 18.8. The highest BCUT2D eigenvalue weighted by molar-refractivity contribution is 6.01. The maximum atomic E-state index is 12.8. The summed E-state index contributed by atoms with van der Waals surface area (Å²) in [6.07, 6.45) is 1.72. The average Bonchev–Trinajstić information content (AvgIpc) is 2.62. The molecule has 0 aliphatic rings. The van der Waals surface area contributed by atoms with E-state index in [-0.39, 0.29) is 5.39 Å². The lowest BCUT2D eigenvalue weighted by Gasteiger charge is -2.14. The Labute approximate surface area is 148 Å². The molecule has 0 saturated heterocycles. The van der Waals surface area contributed by atoms with E-state index in [1.807, 2.05) is 13.0 Å². The van der Waals surface area contributed by atoms with Gasteiger partial charge >= 0.3 is 12.0 Å². The van der Waals surface area contributed by atoms with Crippen molar-refractivity contribution in [1.82, 2.24) is 4.57 Å². The summed E-state index contributed by atoms with van der Waals surface area (Å²) in [7, 11) is 0. The number of aryl methyl sites for hydroxylation is 1. The number of hydrogen-bond acceptors (Lipinski definition) is 4. The number of carbonyl (C=O) groups excluding carboxylic acids is 1. The second-order valence-corrected chi connectivity index (χ2v) is 5.76. The van der Waals surface area contributed by atoms with E-state index in [1.165, 1.54) is 6.07 Å². The van der Waals surface area contributed by atoms with Crippen LogP contribution in [0, 0.1) is 0 Å². The highest BCUT2D eigenvalue weighted by Crippen LogP contribution is 2.21. The second-order valence-electron chi connectivity index (χ2n) is 5.76. The highest BCUT2D eigenvalue weighted by atomic mass is 16.4. The molecule has 0 aliphatic carbocycles.